The molecule has 0 aliphatic heterocycles. The Morgan fingerprint density at radius 3 is 2.70 bits per heavy atom. The SMILES string of the molecule is CNCc1sc2cccc(F)c2c1COCC(F)(F)F. The number of halogens is 4. The van der Waals surface area contributed by atoms with E-state index in [-0.39, 0.29) is 6.61 Å². The Balaban J connectivity index is 2.31. The quantitative estimate of drug-likeness (QED) is 0.848. The van der Waals surface area contributed by atoms with Crippen LogP contribution in [0.4, 0.5) is 17.6 Å². The molecule has 0 saturated heterocycles. The van der Waals surface area contributed by atoms with Crippen LogP contribution in [0.2, 0.25) is 0 Å². The van der Waals surface area contributed by atoms with Crippen molar-refractivity contribution in [3.8, 4) is 0 Å². The lowest BCUT2D eigenvalue weighted by atomic mass is 10.1. The van der Waals surface area contributed by atoms with E-state index in [9.17, 15) is 17.6 Å². The molecule has 0 saturated carbocycles. The van der Waals surface area contributed by atoms with E-state index in [1.807, 2.05) is 0 Å². The summed E-state index contributed by atoms with van der Waals surface area (Å²) in [4.78, 5) is 0.787. The van der Waals surface area contributed by atoms with E-state index in [1.54, 1.807) is 19.2 Å². The van der Waals surface area contributed by atoms with Gasteiger partial charge < -0.3 is 10.1 Å². The van der Waals surface area contributed by atoms with Gasteiger partial charge in [-0.3, -0.25) is 0 Å². The number of alkyl halides is 3. The second kappa shape index (κ2) is 6.07. The molecule has 0 aliphatic rings. The molecule has 2 aromatic rings. The van der Waals surface area contributed by atoms with Gasteiger partial charge in [-0.1, -0.05) is 6.07 Å². The maximum Gasteiger partial charge on any atom is 0.411 e. The van der Waals surface area contributed by atoms with Gasteiger partial charge in [0.25, 0.3) is 0 Å². The molecule has 0 fully saturated rings. The van der Waals surface area contributed by atoms with Crippen LogP contribution in [0.15, 0.2) is 18.2 Å². The van der Waals surface area contributed by atoms with E-state index >= 15 is 0 Å². The first-order chi connectivity index (χ1) is 9.42. The van der Waals surface area contributed by atoms with Crippen molar-refractivity contribution in [2.45, 2.75) is 19.3 Å². The van der Waals surface area contributed by atoms with Crippen molar-refractivity contribution in [3.63, 3.8) is 0 Å². The molecule has 7 heteroatoms. The smallest absolute Gasteiger partial charge is 0.367 e. The molecule has 1 aromatic carbocycles. The number of fused-ring (bicyclic) bond motifs is 1. The van der Waals surface area contributed by atoms with Crippen molar-refractivity contribution in [1.29, 1.82) is 0 Å². The second-order valence-corrected chi connectivity index (χ2v) is 5.39. The number of hydrogen-bond acceptors (Lipinski definition) is 3. The lowest BCUT2D eigenvalue weighted by Crippen LogP contribution is -2.17. The van der Waals surface area contributed by atoms with Crippen LogP contribution in [0.25, 0.3) is 10.1 Å². The molecule has 0 aliphatic carbocycles. The summed E-state index contributed by atoms with van der Waals surface area (Å²) in [6.07, 6.45) is -4.38. The highest BCUT2D eigenvalue weighted by Crippen LogP contribution is 2.34. The van der Waals surface area contributed by atoms with Gasteiger partial charge >= 0.3 is 6.18 Å². The van der Waals surface area contributed by atoms with Crippen molar-refractivity contribution in [3.05, 3.63) is 34.5 Å². The van der Waals surface area contributed by atoms with E-state index in [0.717, 1.165) is 4.88 Å². The number of rotatable bonds is 5. The zero-order valence-corrected chi connectivity index (χ0v) is 11.5. The van der Waals surface area contributed by atoms with Crippen LogP contribution in [0.3, 0.4) is 0 Å². The molecule has 0 spiro atoms. The maximum atomic E-state index is 13.9. The molecule has 0 unspecified atom stereocenters. The Hall–Kier alpha value is -1.18. The van der Waals surface area contributed by atoms with Crippen LogP contribution in [0.1, 0.15) is 10.4 Å². The first-order valence-corrected chi connectivity index (χ1v) is 6.72. The van der Waals surface area contributed by atoms with E-state index < -0.39 is 18.6 Å². The third-order valence-corrected chi connectivity index (χ3v) is 3.89. The molecule has 2 nitrogen and oxygen atoms in total. The minimum absolute atomic E-state index is 0.253. The zero-order chi connectivity index (χ0) is 14.8. The highest BCUT2D eigenvalue weighted by atomic mass is 32.1. The molecule has 0 radical (unpaired) electrons. The highest BCUT2D eigenvalue weighted by molar-refractivity contribution is 7.19. The van der Waals surface area contributed by atoms with Gasteiger partial charge in [-0.15, -0.1) is 11.3 Å². The van der Waals surface area contributed by atoms with Gasteiger partial charge in [-0.05, 0) is 19.2 Å². The van der Waals surface area contributed by atoms with Crippen LogP contribution >= 0.6 is 11.3 Å². The van der Waals surface area contributed by atoms with Gasteiger partial charge in [0.05, 0.1) is 6.61 Å². The predicted molar refractivity (Wildman–Crippen MR) is 70.3 cm³/mol. The van der Waals surface area contributed by atoms with E-state index in [4.69, 9.17) is 0 Å². The predicted octanol–water partition coefficient (Wildman–Crippen LogP) is 3.84. The molecular formula is C13H13F4NOS. The van der Waals surface area contributed by atoms with Crippen LogP contribution < -0.4 is 5.32 Å². The third-order valence-electron chi connectivity index (χ3n) is 2.70. The molecule has 0 amide bonds. The number of nitrogens with one attached hydrogen (secondary N) is 1. The molecule has 2 rings (SSSR count). The van der Waals surface area contributed by atoms with Gasteiger partial charge in [0, 0.05) is 27.1 Å². The maximum absolute atomic E-state index is 13.9. The van der Waals surface area contributed by atoms with Crippen molar-refractivity contribution in [1.82, 2.24) is 5.32 Å². The number of hydrogen-bond donors (Lipinski definition) is 1. The number of ether oxygens (including phenoxy) is 1. The summed E-state index contributed by atoms with van der Waals surface area (Å²) in [7, 11) is 1.72. The van der Waals surface area contributed by atoms with Crippen molar-refractivity contribution in [2.75, 3.05) is 13.7 Å². The molecule has 0 atom stereocenters. The molecule has 20 heavy (non-hydrogen) atoms. The summed E-state index contributed by atoms with van der Waals surface area (Å²) in [6.45, 7) is -1.13. The summed E-state index contributed by atoms with van der Waals surface area (Å²) in [5.74, 6) is -0.438. The van der Waals surface area contributed by atoms with Crippen molar-refractivity contribution < 1.29 is 22.3 Å². The average molecular weight is 307 g/mol. The first kappa shape index (κ1) is 15.2. The Morgan fingerprint density at radius 1 is 1.30 bits per heavy atom. The monoisotopic (exact) mass is 307 g/mol. The van der Waals surface area contributed by atoms with Gasteiger partial charge in [0.1, 0.15) is 12.4 Å². The summed E-state index contributed by atoms with van der Waals surface area (Å²) in [5, 5.41) is 3.27. The Kier molecular flexibility index (Phi) is 4.62. The number of thiophene rings is 1. The minimum Gasteiger partial charge on any atom is -0.367 e. The largest absolute Gasteiger partial charge is 0.411 e. The number of benzene rings is 1. The van der Waals surface area contributed by atoms with Crippen molar-refractivity contribution in [2.24, 2.45) is 0 Å². The molecule has 1 heterocycles. The normalized spacial score (nSPS) is 12.2. The fourth-order valence-electron chi connectivity index (χ4n) is 1.94. The van der Waals surface area contributed by atoms with Gasteiger partial charge in [-0.25, -0.2) is 4.39 Å². The van der Waals surface area contributed by atoms with Gasteiger partial charge in [0.15, 0.2) is 0 Å². The van der Waals surface area contributed by atoms with Crippen molar-refractivity contribution >= 4 is 21.4 Å². The Morgan fingerprint density at radius 2 is 2.05 bits per heavy atom. The van der Waals surface area contributed by atoms with Crippen LogP contribution in [0, 0.1) is 5.82 Å². The van der Waals surface area contributed by atoms with Crippen LogP contribution in [-0.2, 0) is 17.9 Å². The second-order valence-electron chi connectivity index (χ2n) is 4.26. The Bertz CT molecular complexity index is 594. The minimum atomic E-state index is -4.38. The zero-order valence-electron chi connectivity index (χ0n) is 10.7. The third kappa shape index (κ3) is 3.47. The fraction of sp³-hybridized carbons (Fsp3) is 0.385. The average Bonchev–Trinajstić information content (AvgIpc) is 2.68. The molecule has 1 N–H and O–H groups in total. The van der Waals surface area contributed by atoms with E-state index in [0.29, 0.717) is 22.2 Å². The lowest BCUT2D eigenvalue weighted by Gasteiger charge is -2.09. The molecular weight excluding hydrogens is 294 g/mol. The summed E-state index contributed by atoms with van der Waals surface area (Å²) in [6, 6.07) is 4.62. The van der Waals surface area contributed by atoms with Crippen LogP contribution in [0.5, 0.6) is 0 Å². The highest BCUT2D eigenvalue weighted by Gasteiger charge is 2.28. The lowest BCUT2D eigenvalue weighted by molar-refractivity contribution is -0.176. The Labute approximate surface area is 117 Å². The van der Waals surface area contributed by atoms with E-state index in [1.165, 1.54) is 17.4 Å². The first-order valence-electron chi connectivity index (χ1n) is 5.90. The van der Waals surface area contributed by atoms with Gasteiger partial charge in [0.2, 0.25) is 0 Å². The van der Waals surface area contributed by atoms with E-state index in [2.05, 4.69) is 10.1 Å². The van der Waals surface area contributed by atoms with Crippen LogP contribution in [-0.4, -0.2) is 19.8 Å². The molecule has 0 bridgehead atoms. The molecule has 110 valence electrons. The summed E-state index contributed by atoms with van der Waals surface area (Å²) < 4.78 is 55.6. The fourth-order valence-corrected chi connectivity index (χ4v) is 3.18. The standard InChI is InChI=1S/C13H13F4NOS/c1-18-5-11-8(6-19-7-13(15,16)17)12-9(14)3-2-4-10(12)20-11/h2-4,18H,5-7H2,1H3. The molecule has 1 aromatic heterocycles. The summed E-state index contributed by atoms with van der Waals surface area (Å²) in [5.41, 5.74) is 0.488. The topological polar surface area (TPSA) is 21.3 Å². The van der Waals surface area contributed by atoms with Gasteiger partial charge in [-0.2, -0.15) is 13.2 Å². The summed E-state index contributed by atoms with van der Waals surface area (Å²) >= 11 is 1.36.